The van der Waals surface area contributed by atoms with Crippen molar-refractivity contribution in [2.24, 2.45) is 4.99 Å². The molecule has 0 unspecified atom stereocenters. The average Bonchev–Trinajstić information content (AvgIpc) is 2.53. The Morgan fingerprint density at radius 3 is 2.71 bits per heavy atom. The van der Waals surface area contributed by atoms with E-state index in [4.69, 9.17) is 21.1 Å². The van der Waals surface area contributed by atoms with Gasteiger partial charge in [-0.1, -0.05) is 33.6 Å². The van der Waals surface area contributed by atoms with E-state index in [-0.39, 0.29) is 24.0 Å². The molecular weight excluding hydrogens is 508 g/mol. The first-order valence-corrected chi connectivity index (χ1v) is 8.87. The number of aliphatic imine (C=N–C) groups is 1. The molecule has 0 aromatic heterocycles. The van der Waals surface area contributed by atoms with E-state index in [9.17, 15) is 0 Å². The van der Waals surface area contributed by atoms with Crippen molar-refractivity contribution in [1.29, 1.82) is 0 Å². The minimum Gasteiger partial charge on any atom is -0.382 e. The summed E-state index contributed by atoms with van der Waals surface area (Å²) in [6.45, 7) is 6.15. The molecule has 0 fully saturated rings. The van der Waals surface area contributed by atoms with Gasteiger partial charge in [-0.15, -0.1) is 24.0 Å². The Morgan fingerprint density at radius 2 is 2.04 bits per heavy atom. The second kappa shape index (κ2) is 15.2. The second-order valence-electron chi connectivity index (χ2n) is 4.82. The van der Waals surface area contributed by atoms with Crippen LogP contribution >= 0.6 is 51.5 Å². The summed E-state index contributed by atoms with van der Waals surface area (Å²) < 4.78 is 11.3. The molecule has 0 bridgehead atoms. The monoisotopic (exact) mass is 533 g/mol. The number of hydrogen-bond acceptors (Lipinski definition) is 3. The summed E-state index contributed by atoms with van der Waals surface area (Å²) in [5.41, 5.74) is 0.995. The Morgan fingerprint density at radius 1 is 1.25 bits per heavy atom. The highest BCUT2D eigenvalue weighted by Gasteiger charge is 2.02. The van der Waals surface area contributed by atoms with Crippen LogP contribution in [-0.2, 0) is 16.0 Å². The van der Waals surface area contributed by atoms with Gasteiger partial charge in [0.15, 0.2) is 5.96 Å². The summed E-state index contributed by atoms with van der Waals surface area (Å²) in [7, 11) is 1.67. The maximum absolute atomic E-state index is 6.21. The Labute approximate surface area is 175 Å². The van der Waals surface area contributed by atoms with Crippen LogP contribution in [0, 0.1) is 0 Å². The number of ether oxygens (including phenoxy) is 2. The lowest BCUT2D eigenvalue weighted by Gasteiger charge is -2.11. The summed E-state index contributed by atoms with van der Waals surface area (Å²) in [5, 5.41) is 7.22. The predicted octanol–water partition coefficient (Wildman–Crippen LogP) is 3.83. The van der Waals surface area contributed by atoms with Gasteiger partial charge in [0.25, 0.3) is 0 Å². The van der Waals surface area contributed by atoms with Crippen molar-refractivity contribution in [3.8, 4) is 0 Å². The topological polar surface area (TPSA) is 54.9 Å². The van der Waals surface area contributed by atoms with Gasteiger partial charge in [0.1, 0.15) is 0 Å². The first-order chi connectivity index (χ1) is 11.2. The highest BCUT2D eigenvalue weighted by Crippen LogP contribution is 2.21. The zero-order valence-corrected chi connectivity index (χ0v) is 18.8. The molecule has 8 heteroatoms. The molecule has 0 spiro atoms. The van der Waals surface area contributed by atoms with E-state index in [0.29, 0.717) is 31.4 Å². The van der Waals surface area contributed by atoms with E-state index >= 15 is 0 Å². The number of guanidine groups is 1. The van der Waals surface area contributed by atoms with Crippen molar-refractivity contribution in [1.82, 2.24) is 10.6 Å². The SMILES string of the molecule is CCNC(=NCc1ccc(Br)cc1Cl)NCCCOCCOC.I. The minimum absolute atomic E-state index is 0. The van der Waals surface area contributed by atoms with Crippen LogP contribution in [0.25, 0.3) is 0 Å². The Hall–Kier alpha value is -0.0900. The molecule has 0 aliphatic rings. The van der Waals surface area contributed by atoms with Crippen LogP contribution in [0.2, 0.25) is 5.02 Å². The molecule has 1 aromatic carbocycles. The van der Waals surface area contributed by atoms with Crippen LogP contribution in [0.1, 0.15) is 18.9 Å². The second-order valence-corrected chi connectivity index (χ2v) is 6.14. The fraction of sp³-hybridized carbons (Fsp3) is 0.562. The number of nitrogens with one attached hydrogen (secondary N) is 2. The number of nitrogens with zero attached hydrogens (tertiary/aromatic N) is 1. The summed E-state index contributed by atoms with van der Waals surface area (Å²) in [6, 6.07) is 5.82. The van der Waals surface area contributed by atoms with E-state index in [1.54, 1.807) is 7.11 Å². The summed E-state index contributed by atoms with van der Waals surface area (Å²) in [4.78, 5) is 4.56. The molecule has 5 nitrogen and oxygen atoms in total. The van der Waals surface area contributed by atoms with Crippen molar-refractivity contribution in [2.45, 2.75) is 19.9 Å². The van der Waals surface area contributed by atoms with Crippen molar-refractivity contribution in [3.63, 3.8) is 0 Å². The van der Waals surface area contributed by atoms with E-state index in [1.165, 1.54) is 0 Å². The third-order valence-corrected chi connectivity index (χ3v) is 3.80. The van der Waals surface area contributed by atoms with Crippen LogP contribution in [0.4, 0.5) is 0 Å². The van der Waals surface area contributed by atoms with E-state index in [2.05, 4.69) is 31.6 Å². The lowest BCUT2D eigenvalue weighted by molar-refractivity contribution is 0.0698. The molecule has 24 heavy (non-hydrogen) atoms. The van der Waals surface area contributed by atoms with Crippen LogP contribution in [-0.4, -0.2) is 46.0 Å². The Bertz CT molecular complexity index is 492. The zero-order chi connectivity index (χ0) is 16.9. The molecule has 1 rings (SSSR count). The van der Waals surface area contributed by atoms with Crippen LogP contribution in [0.15, 0.2) is 27.7 Å². The number of rotatable bonds is 10. The lowest BCUT2D eigenvalue weighted by atomic mass is 10.2. The zero-order valence-electron chi connectivity index (χ0n) is 14.1. The van der Waals surface area contributed by atoms with Crippen molar-refractivity contribution >= 4 is 57.5 Å². The Balaban J connectivity index is 0.00000529. The van der Waals surface area contributed by atoms with Crippen molar-refractivity contribution in [3.05, 3.63) is 33.3 Å². The van der Waals surface area contributed by atoms with E-state index in [1.807, 2.05) is 25.1 Å². The molecule has 0 aliphatic heterocycles. The molecule has 138 valence electrons. The summed E-state index contributed by atoms with van der Waals surface area (Å²) >= 11 is 9.61. The third-order valence-electron chi connectivity index (χ3n) is 2.96. The van der Waals surface area contributed by atoms with Gasteiger partial charge < -0.3 is 20.1 Å². The van der Waals surface area contributed by atoms with Gasteiger partial charge in [-0.05, 0) is 31.0 Å². The van der Waals surface area contributed by atoms with Crippen LogP contribution in [0.5, 0.6) is 0 Å². The maximum atomic E-state index is 6.21. The summed E-state index contributed by atoms with van der Waals surface area (Å²) in [5.74, 6) is 0.781. The molecule has 0 aliphatic carbocycles. The average molecular weight is 535 g/mol. The fourth-order valence-electron chi connectivity index (χ4n) is 1.78. The van der Waals surface area contributed by atoms with Gasteiger partial charge in [0.2, 0.25) is 0 Å². The largest absolute Gasteiger partial charge is 0.382 e. The van der Waals surface area contributed by atoms with E-state index in [0.717, 1.165) is 35.5 Å². The van der Waals surface area contributed by atoms with Gasteiger partial charge in [-0.3, -0.25) is 0 Å². The van der Waals surface area contributed by atoms with Gasteiger partial charge in [-0.25, -0.2) is 4.99 Å². The minimum atomic E-state index is 0. The molecule has 0 saturated carbocycles. The quantitative estimate of drug-likeness (QED) is 0.207. The molecule has 0 heterocycles. The first kappa shape index (κ1) is 23.9. The standard InChI is InChI=1S/C16H25BrClN3O2.HI/c1-3-19-16(20-7-4-8-23-10-9-22-2)21-12-13-5-6-14(17)11-15(13)18;/h5-6,11H,3-4,7-10,12H2,1-2H3,(H2,19,20,21);1H. The van der Waals surface area contributed by atoms with Gasteiger partial charge in [0.05, 0.1) is 19.8 Å². The highest BCUT2D eigenvalue weighted by molar-refractivity contribution is 14.0. The molecule has 0 radical (unpaired) electrons. The number of hydrogen-bond donors (Lipinski definition) is 2. The van der Waals surface area contributed by atoms with Gasteiger partial charge >= 0.3 is 0 Å². The summed E-state index contributed by atoms with van der Waals surface area (Å²) in [6.07, 6.45) is 0.910. The predicted molar refractivity (Wildman–Crippen MR) is 115 cm³/mol. The molecule has 2 N–H and O–H groups in total. The van der Waals surface area contributed by atoms with Crippen molar-refractivity contribution < 1.29 is 9.47 Å². The lowest BCUT2D eigenvalue weighted by Crippen LogP contribution is -2.38. The smallest absolute Gasteiger partial charge is 0.191 e. The van der Waals surface area contributed by atoms with Crippen LogP contribution in [0.3, 0.4) is 0 Å². The Kier molecular flexibility index (Phi) is 15.1. The van der Waals surface area contributed by atoms with Crippen LogP contribution < -0.4 is 10.6 Å². The van der Waals surface area contributed by atoms with Crippen molar-refractivity contribution in [2.75, 3.05) is 40.0 Å². The highest BCUT2D eigenvalue weighted by atomic mass is 127. The van der Waals surface area contributed by atoms with Gasteiger partial charge in [0, 0.05) is 36.3 Å². The molecule has 0 amide bonds. The first-order valence-electron chi connectivity index (χ1n) is 7.70. The number of halogens is 3. The molecule has 0 atom stereocenters. The third kappa shape index (κ3) is 10.7. The fourth-order valence-corrected chi connectivity index (χ4v) is 2.51. The van der Waals surface area contributed by atoms with Gasteiger partial charge in [-0.2, -0.15) is 0 Å². The molecule has 0 saturated heterocycles. The maximum Gasteiger partial charge on any atom is 0.191 e. The molecule has 1 aromatic rings. The number of benzene rings is 1. The molecular formula is C16H26BrClIN3O2. The normalized spacial score (nSPS) is 11.1. The van der Waals surface area contributed by atoms with E-state index < -0.39 is 0 Å². The number of methoxy groups -OCH3 is 1.